The molecule has 0 saturated heterocycles. The molecule has 2 N–H and O–H groups in total. The Morgan fingerprint density at radius 1 is 1.80 bits per heavy atom. The normalized spacial score (nSPS) is 15.3. The largest absolute Gasteiger partial charge is 0.301 e. The highest BCUT2D eigenvalue weighted by molar-refractivity contribution is 7.86. The quantitative estimate of drug-likeness (QED) is 0.281. The Labute approximate surface area is 58.7 Å². The van der Waals surface area contributed by atoms with Gasteiger partial charge in [-0.3, -0.25) is 0 Å². The Balaban J connectivity index is 3.48. The van der Waals surface area contributed by atoms with E-state index in [0.29, 0.717) is 0 Å². The van der Waals surface area contributed by atoms with E-state index in [2.05, 4.69) is 10.0 Å². The molecule has 0 saturated carbocycles. The Kier molecular flexibility index (Phi) is 3.78. The van der Waals surface area contributed by atoms with Crippen molar-refractivity contribution in [3.8, 4) is 0 Å². The Morgan fingerprint density at radius 3 is 2.80 bits per heavy atom. The van der Waals surface area contributed by atoms with Gasteiger partial charge in [-0.05, 0) is 12.0 Å². The van der Waals surface area contributed by atoms with Crippen molar-refractivity contribution in [2.24, 2.45) is 5.11 Å². The molecule has 0 fully saturated rings. The van der Waals surface area contributed by atoms with Crippen LogP contribution in [0.3, 0.4) is 0 Å². The summed E-state index contributed by atoms with van der Waals surface area (Å²) in [5.41, 5.74) is 7.77. The molecule has 0 rings (SSSR count). The van der Waals surface area contributed by atoms with E-state index in [9.17, 15) is 4.21 Å². The van der Waals surface area contributed by atoms with Gasteiger partial charge in [0.25, 0.3) is 0 Å². The standard InChI is InChI=1S/C3H8N4O2S/c4-7-6-2-1-3-10(5,8)9/h1-3H2,(H2,5,8,9). The zero-order valence-electron chi connectivity index (χ0n) is 5.23. The summed E-state index contributed by atoms with van der Waals surface area (Å²) < 4.78 is 25.1. The molecule has 0 aliphatic heterocycles. The fraction of sp³-hybridized carbons (Fsp3) is 1.00. The molecular formula is C3H8N4O2S. The summed E-state index contributed by atoms with van der Waals surface area (Å²) in [6.07, 6.45) is 0.281. The molecule has 10 heavy (non-hydrogen) atoms. The first-order valence-corrected chi connectivity index (χ1v) is 4.24. The lowest BCUT2D eigenvalue weighted by Gasteiger charge is -1.93. The smallest absolute Gasteiger partial charge is 0.158 e. The third kappa shape index (κ3) is 7.22. The van der Waals surface area contributed by atoms with E-state index in [1.165, 1.54) is 0 Å². The average molecular weight is 164 g/mol. The number of nitrogens with one attached hydrogen (secondary N) is 1. The van der Waals surface area contributed by atoms with Crippen LogP contribution in [0.15, 0.2) is 5.11 Å². The topological polar surface area (TPSA) is 110 Å². The zero-order valence-corrected chi connectivity index (χ0v) is 6.04. The predicted molar refractivity (Wildman–Crippen MR) is 37.0 cm³/mol. The maximum Gasteiger partial charge on any atom is 0.158 e. The number of nitrogens with zero attached hydrogens (tertiary/aromatic N) is 3. The lowest BCUT2D eigenvalue weighted by molar-refractivity contribution is 0.546. The van der Waals surface area contributed by atoms with Crippen LogP contribution in [0.2, 0.25) is 0 Å². The predicted octanol–water partition coefficient (Wildman–Crippen LogP) is 1.21. The molecule has 0 aromatic carbocycles. The van der Waals surface area contributed by atoms with E-state index in [1.807, 2.05) is 0 Å². The van der Waals surface area contributed by atoms with Crippen LogP contribution < -0.4 is 0 Å². The molecule has 0 aliphatic carbocycles. The molecule has 7 heteroatoms. The molecule has 0 spiro atoms. The summed E-state index contributed by atoms with van der Waals surface area (Å²) in [5.74, 6) is -0.133. The van der Waals surface area contributed by atoms with Crippen molar-refractivity contribution in [1.29, 1.82) is 4.78 Å². The summed E-state index contributed by atoms with van der Waals surface area (Å²) in [6, 6.07) is 0. The van der Waals surface area contributed by atoms with Gasteiger partial charge in [-0.1, -0.05) is 5.11 Å². The van der Waals surface area contributed by atoms with Crippen molar-refractivity contribution in [3.63, 3.8) is 0 Å². The average Bonchev–Trinajstić information content (AvgIpc) is 1.78. The number of azide groups is 1. The zero-order chi connectivity index (χ0) is 8.04. The van der Waals surface area contributed by atoms with E-state index < -0.39 is 10.0 Å². The first kappa shape index (κ1) is 9.22. The summed E-state index contributed by atoms with van der Waals surface area (Å²) in [4.78, 5) is 2.44. The van der Waals surface area contributed by atoms with Gasteiger partial charge in [-0.2, -0.15) is 0 Å². The molecule has 6 nitrogen and oxygen atoms in total. The van der Waals surface area contributed by atoms with Crippen LogP contribution in [-0.4, -0.2) is 21.1 Å². The van der Waals surface area contributed by atoms with Crippen molar-refractivity contribution in [2.75, 3.05) is 12.3 Å². The first-order valence-electron chi connectivity index (χ1n) is 2.56. The monoisotopic (exact) mass is 164 g/mol. The van der Waals surface area contributed by atoms with Gasteiger partial charge >= 0.3 is 0 Å². The minimum atomic E-state index is -3.39. The molecule has 0 bridgehead atoms. The summed E-state index contributed by atoms with van der Waals surface area (Å²) in [5, 5.41) is 3.14. The van der Waals surface area contributed by atoms with Crippen molar-refractivity contribution < 1.29 is 8.76 Å². The van der Waals surface area contributed by atoms with Crippen LogP contribution in [0.25, 0.3) is 10.4 Å². The highest BCUT2D eigenvalue weighted by Crippen LogP contribution is 1.89. The minimum absolute atomic E-state index is 0.133. The van der Waals surface area contributed by atoms with E-state index in [-0.39, 0.29) is 18.7 Å². The van der Waals surface area contributed by atoms with Crippen molar-refractivity contribution in [3.05, 3.63) is 10.4 Å². The molecule has 0 aromatic rings. The van der Waals surface area contributed by atoms with Crippen LogP contribution in [0.4, 0.5) is 0 Å². The molecule has 0 amide bonds. The second kappa shape index (κ2) is 4.10. The van der Waals surface area contributed by atoms with Crippen molar-refractivity contribution >= 4 is 10.0 Å². The number of hydrogen-bond donors (Lipinski definition) is 2. The van der Waals surface area contributed by atoms with Crippen LogP contribution in [0.1, 0.15) is 6.42 Å². The third-order valence-electron chi connectivity index (χ3n) is 0.742. The van der Waals surface area contributed by atoms with Gasteiger partial charge in [0.05, 0.1) is 5.75 Å². The van der Waals surface area contributed by atoms with Crippen LogP contribution in [0, 0.1) is 4.78 Å². The molecule has 1 unspecified atom stereocenters. The highest BCUT2D eigenvalue weighted by Gasteiger charge is 1.96. The molecule has 0 radical (unpaired) electrons. The van der Waals surface area contributed by atoms with Crippen LogP contribution in [-0.2, 0) is 10.0 Å². The third-order valence-corrected chi connectivity index (χ3v) is 1.58. The molecule has 1 atom stereocenters. The van der Waals surface area contributed by atoms with E-state index in [4.69, 9.17) is 14.9 Å². The lowest BCUT2D eigenvalue weighted by Crippen LogP contribution is -2.02. The second-order valence-corrected chi connectivity index (χ2v) is 3.34. The summed E-state index contributed by atoms with van der Waals surface area (Å²) in [7, 11) is -3.39. The fourth-order valence-corrected chi connectivity index (χ4v) is 0.896. The van der Waals surface area contributed by atoms with Gasteiger partial charge in [0, 0.05) is 11.5 Å². The molecular weight excluding hydrogens is 156 g/mol. The van der Waals surface area contributed by atoms with Gasteiger partial charge in [-0.15, -0.1) is 0 Å². The molecule has 58 valence electrons. The van der Waals surface area contributed by atoms with Crippen LogP contribution >= 0.6 is 0 Å². The maximum absolute atomic E-state index is 10.2. The van der Waals surface area contributed by atoms with E-state index in [1.54, 1.807) is 0 Å². The van der Waals surface area contributed by atoms with Gasteiger partial charge < -0.3 is 4.55 Å². The SMILES string of the molecule is [N-]=[N+]=NCCCS(=N)(=O)O. The lowest BCUT2D eigenvalue weighted by atomic mass is 10.5. The van der Waals surface area contributed by atoms with Gasteiger partial charge in [-0.25, -0.2) is 8.99 Å². The fourth-order valence-electron chi connectivity index (χ4n) is 0.376. The Hall–Kier alpha value is -0.780. The Morgan fingerprint density at radius 2 is 2.40 bits per heavy atom. The van der Waals surface area contributed by atoms with Gasteiger partial charge in [0.1, 0.15) is 0 Å². The Bertz CT molecular complexity index is 227. The highest BCUT2D eigenvalue weighted by atomic mass is 32.2. The van der Waals surface area contributed by atoms with E-state index >= 15 is 0 Å². The maximum atomic E-state index is 10.2. The number of hydrogen-bond acceptors (Lipinski definition) is 3. The second-order valence-electron chi connectivity index (χ2n) is 1.65. The van der Waals surface area contributed by atoms with Gasteiger partial charge in [0.2, 0.25) is 0 Å². The summed E-state index contributed by atoms with van der Waals surface area (Å²) >= 11 is 0. The minimum Gasteiger partial charge on any atom is -0.301 e. The van der Waals surface area contributed by atoms with Crippen molar-refractivity contribution in [1.82, 2.24) is 0 Å². The summed E-state index contributed by atoms with van der Waals surface area (Å²) in [6.45, 7) is 0.174. The van der Waals surface area contributed by atoms with E-state index in [0.717, 1.165) is 0 Å². The first-order chi connectivity index (χ1) is 4.56. The molecule has 0 heterocycles. The number of rotatable bonds is 4. The molecule has 0 aliphatic rings. The van der Waals surface area contributed by atoms with Gasteiger partial charge in [0.15, 0.2) is 10.0 Å². The van der Waals surface area contributed by atoms with Crippen LogP contribution in [0.5, 0.6) is 0 Å². The molecule has 0 aromatic heterocycles. The van der Waals surface area contributed by atoms with Crippen molar-refractivity contribution in [2.45, 2.75) is 6.42 Å².